The molecule has 0 radical (unpaired) electrons. The highest BCUT2D eigenvalue weighted by atomic mass is 35.5. The van der Waals surface area contributed by atoms with E-state index in [4.69, 9.17) is 11.6 Å². The molecule has 0 aliphatic carbocycles. The molecule has 0 atom stereocenters. The number of amides is 1. The first-order chi connectivity index (χ1) is 12.8. The maximum atomic E-state index is 12.6. The second-order valence-corrected chi connectivity index (χ2v) is 6.14. The summed E-state index contributed by atoms with van der Waals surface area (Å²) >= 11 is 6.06. The highest BCUT2D eigenvalue weighted by Gasteiger charge is 2.30. The van der Waals surface area contributed by atoms with Crippen LogP contribution in [0.1, 0.15) is 21.5 Å². The zero-order valence-corrected chi connectivity index (χ0v) is 14.5. The fraction of sp³-hybridized carbons (Fsp3) is 0.105. The molecule has 1 amide bonds. The van der Waals surface area contributed by atoms with Crippen molar-refractivity contribution in [1.29, 1.82) is 0 Å². The second kappa shape index (κ2) is 7.36. The molecule has 0 unspecified atom stereocenters. The topological polar surface area (TPSA) is 61.4 Å². The van der Waals surface area contributed by atoms with Crippen molar-refractivity contribution >= 4 is 28.9 Å². The van der Waals surface area contributed by atoms with Gasteiger partial charge in [-0.3, -0.25) is 4.79 Å². The highest BCUT2D eigenvalue weighted by molar-refractivity contribution is 6.34. The summed E-state index contributed by atoms with van der Waals surface area (Å²) < 4.78 is 37.7. The van der Waals surface area contributed by atoms with Crippen LogP contribution in [0.5, 0.6) is 0 Å². The largest absolute Gasteiger partial charge is 0.507 e. The van der Waals surface area contributed by atoms with E-state index in [1.54, 1.807) is 24.3 Å². The van der Waals surface area contributed by atoms with Crippen LogP contribution in [-0.2, 0) is 6.18 Å². The van der Waals surface area contributed by atoms with Gasteiger partial charge in [0.25, 0.3) is 5.91 Å². The minimum atomic E-state index is -4.43. The summed E-state index contributed by atoms with van der Waals surface area (Å²) in [4.78, 5) is 12.3. The van der Waals surface area contributed by atoms with E-state index in [9.17, 15) is 23.1 Å². The zero-order valence-electron chi connectivity index (χ0n) is 13.8. The summed E-state index contributed by atoms with van der Waals surface area (Å²) in [5.41, 5.74) is 1.03. The number of alkyl halides is 3. The fourth-order valence-corrected chi connectivity index (χ4v) is 2.76. The Bertz CT molecular complexity index is 917. The number of aliphatic hydroxyl groups is 1. The summed E-state index contributed by atoms with van der Waals surface area (Å²) in [7, 11) is 0. The summed E-state index contributed by atoms with van der Waals surface area (Å²) in [5.74, 6) is -0.477. The molecule has 1 heterocycles. The number of carbonyl (C=O) groups excluding carboxylic acids is 1. The van der Waals surface area contributed by atoms with Crippen LogP contribution in [0.2, 0.25) is 0 Å². The Balaban J connectivity index is 1.73. The van der Waals surface area contributed by atoms with E-state index in [0.717, 1.165) is 12.1 Å². The number of hydrogen-bond acceptors (Lipinski definition) is 3. The molecule has 0 fully saturated rings. The van der Waals surface area contributed by atoms with E-state index >= 15 is 0 Å². The Morgan fingerprint density at radius 3 is 2.30 bits per heavy atom. The molecule has 2 aromatic carbocycles. The monoisotopic (exact) mass is 394 g/mol. The number of rotatable bonds is 3. The zero-order chi connectivity index (χ0) is 19.6. The van der Waals surface area contributed by atoms with Crippen LogP contribution >= 0.6 is 11.6 Å². The molecular formula is C19H14ClF3N2O2. The quantitative estimate of drug-likeness (QED) is 0.693. The van der Waals surface area contributed by atoms with E-state index in [-0.39, 0.29) is 16.5 Å². The fourth-order valence-electron chi connectivity index (χ4n) is 2.51. The molecule has 3 rings (SSSR count). The van der Waals surface area contributed by atoms with Crippen LogP contribution in [0.3, 0.4) is 0 Å². The number of dihydropyridines is 1. The first-order valence-electron chi connectivity index (χ1n) is 7.88. The lowest BCUT2D eigenvalue weighted by Gasteiger charge is -2.17. The Hall–Kier alpha value is -2.93. The smallest absolute Gasteiger partial charge is 0.416 e. The SMILES string of the molecule is O=C(Nc1ccc(C(F)(F)F)cc1)c1ccc(C2=C(Cl)C(O)=CCN2)cc1. The average Bonchev–Trinajstić information content (AvgIpc) is 2.64. The first-order valence-corrected chi connectivity index (χ1v) is 8.25. The van der Waals surface area contributed by atoms with Gasteiger partial charge in [-0.25, -0.2) is 0 Å². The van der Waals surface area contributed by atoms with Gasteiger partial charge in [0.2, 0.25) is 0 Å². The number of allylic oxidation sites excluding steroid dienone is 1. The molecule has 0 aromatic heterocycles. The molecule has 0 bridgehead atoms. The first kappa shape index (κ1) is 18.8. The Labute approximate surface area is 158 Å². The summed E-state index contributed by atoms with van der Waals surface area (Å²) in [6.45, 7) is 0.424. The van der Waals surface area contributed by atoms with Crippen molar-refractivity contribution in [1.82, 2.24) is 5.32 Å². The summed E-state index contributed by atoms with van der Waals surface area (Å²) in [6, 6.07) is 10.6. The number of halogens is 4. The van der Waals surface area contributed by atoms with Crippen molar-refractivity contribution < 1.29 is 23.1 Å². The lowest BCUT2D eigenvalue weighted by atomic mass is 10.1. The van der Waals surface area contributed by atoms with Gasteiger partial charge in [-0.05, 0) is 48.0 Å². The lowest BCUT2D eigenvalue weighted by Crippen LogP contribution is -2.18. The van der Waals surface area contributed by atoms with Crippen molar-refractivity contribution in [2.45, 2.75) is 6.18 Å². The predicted molar refractivity (Wildman–Crippen MR) is 97.3 cm³/mol. The molecule has 140 valence electrons. The Kier molecular flexibility index (Phi) is 5.14. The Morgan fingerprint density at radius 2 is 1.70 bits per heavy atom. The van der Waals surface area contributed by atoms with Gasteiger partial charge in [-0.2, -0.15) is 13.2 Å². The maximum absolute atomic E-state index is 12.6. The van der Waals surface area contributed by atoms with Crippen molar-refractivity contribution in [2.75, 3.05) is 11.9 Å². The highest BCUT2D eigenvalue weighted by Crippen LogP contribution is 2.30. The number of nitrogens with one attached hydrogen (secondary N) is 2. The molecule has 0 spiro atoms. The van der Waals surface area contributed by atoms with Gasteiger partial charge >= 0.3 is 6.18 Å². The van der Waals surface area contributed by atoms with Gasteiger partial charge in [0.1, 0.15) is 10.8 Å². The molecule has 1 aliphatic rings. The molecule has 27 heavy (non-hydrogen) atoms. The molecule has 0 saturated carbocycles. The third-order valence-corrected chi connectivity index (χ3v) is 4.31. The second-order valence-electron chi connectivity index (χ2n) is 5.77. The Morgan fingerprint density at radius 1 is 1.07 bits per heavy atom. The molecule has 3 N–H and O–H groups in total. The van der Waals surface area contributed by atoms with E-state index in [0.29, 0.717) is 23.4 Å². The molecular weight excluding hydrogens is 381 g/mol. The third kappa shape index (κ3) is 4.25. The number of carbonyl (C=O) groups is 1. The van der Waals surface area contributed by atoms with Crippen molar-refractivity contribution in [2.24, 2.45) is 0 Å². The van der Waals surface area contributed by atoms with Crippen LogP contribution in [0, 0.1) is 0 Å². The van der Waals surface area contributed by atoms with Crippen LogP contribution in [-0.4, -0.2) is 17.6 Å². The standard InChI is InChI=1S/C19H14ClF3N2O2/c20-16-15(26)9-10-24-17(16)11-1-3-12(4-2-11)18(27)25-14-7-5-13(6-8-14)19(21,22)23/h1-9,24,26H,10H2,(H,25,27). The number of hydrogen-bond donors (Lipinski definition) is 3. The predicted octanol–water partition coefficient (Wildman–Crippen LogP) is 4.91. The maximum Gasteiger partial charge on any atom is 0.416 e. The van der Waals surface area contributed by atoms with Gasteiger partial charge in [0.15, 0.2) is 0 Å². The molecule has 8 heteroatoms. The van der Waals surface area contributed by atoms with E-state index in [2.05, 4.69) is 10.6 Å². The van der Waals surface area contributed by atoms with Crippen LogP contribution in [0.25, 0.3) is 5.70 Å². The van der Waals surface area contributed by atoms with E-state index in [1.807, 2.05) is 0 Å². The molecule has 0 saturated heterocycles. The van der Waals surface area contributed by atoms with E-state index in [1.165, 1.54) is 18.2 Å². The van der Waals surface area contributed by atoms with Gasteiger partial charge < -0.3 is 15.7 Å². The normalized spacial score (nSPS) is 14.4. The number of aliphatic hydroxyl groups excluding tert-OH is 1. The van der Waals surface area contributed by atoms with Gasteiger partial charge in [-0.1, -0.05) is 23.7 Å². The third-order valence-electron chi connectivity index (χ3n) is 3.92. The minimum Gasteiger partial charge on any atom is -0.507 e. The minimum absolute atomic E-state index is 0.0189. The van der Waals surface area contributed by atoms with Crippen LogP contribution < -0.4 is 10.6 Å². The summed E-state index contributed by atoms with van der Waals surface area (Å²) in [6.07, 6.45) is -2.89. The van der Waals surface area contributed by atoms with Crippen molar-refractivity contribution in [3.8, 4) is 0 Å². The van der Waals surface area contributed by atoms with Crippen molar-refractivity contribution in [3.63, 3.8) is 0 Å². The molecule has 2 aromatic rings. The molecule has 4 nitrogen and oxygen atoms in total. The van der Waals surface area contributed by atoms with Crippen molar-refractivity contribution in [3.05, 3.63) is 82.1 Å². The average molecular weight is 395 g/mol. The van der Waals surface area contributed by atoms with Gasteiger partial charge in [0, 0.05) is 17.8 Å². The lowest BCUT2D eigenvalue weighted by molar-refractivity contribution is -0.137. The van der Waals surface area contributed by atoms with Crippen LogP contribution in [0.15, 0.2) is 65.4 Å². The number of benzene rings is 2. The number of anilines is 1. The summed E-state index contributed by atoms with van der Waals surface area (Å²) in [5, 5.41) is 15.4. The van der Waals surface area contributed by atoms with Gasteiger partial charge in [-0.15, -0.1) is 0 Å². The van der Waals surface area contributed by atoms with E-state index < -0.39 is 17.6 Å². The molecule has 1 aliphatic heterocycles. The van der Waals surface area contributed by atoms with Crippen LogP contribution in [0.4, 0.5) is 18.9 Å². The van der Waals surface area contributed by atoms with Gasteiger partial charge in [0.05, 0.1) is 11.3 Å².